The van der Waals surface area contributed by atoms with Crippen LogP contribution in [-0.2, 0) is 4.79 Å². The predicted molar refractivity (Wildman–Crippen MR) is 78.5 cm³/mol. The zero-order valence-corrected chi connectivity index (χ0v) is 12.5. The first-order valence-electron chi connectivity index (χ1n) is 5.12. The third kappa shape index (κ3) is 3.62. The molecule has 1 N–H and O–H groups in total. The number of aliphatic carboxylic acids is 1. The van der Waals surface area contributed by atoms with E-state index >= 15 is 0 Å². The van der Waals surface area contributed by atoms with E-state index in [1.54, 1.807) is 24.3 Å². The topological polar surface area (TPSA) is 50.4 Å². The van der Waals surface area contributed by atoms with Crippen LogP contribution in [0.2, 0.25) is 10.0 Å². The van der Waals surface area contributed by atoms with Gasteiger partial charge >= 0.3 is 5.97 Å². The number of halogens is 3. The number of hydrogen-bond donors (Lipinski definition) is 1. The molecule has 0 saturated carbocycles. The Kier molecular flexibility index (Phi) is 4.34. The van der Waals surface area contributed by atoms with Crippen LogP contribution >= 0.6 is 39.1 Å². The van der Waals surface area contributed by atoms with Crippen molar-refractivity contribution in [2.24, 2.45) is 0 Å². The van der Waals surface area contributed by atoms with Gasteiger partial charge in [-0.1, -0.05) is 23.2 Å². The molecule has 0 bridgehead atoms. The van der Waals surface area contributed by atoms with Gasteiger partial charge in [0.15, 0.2) is 0 Å². The SMILES string of the molecule is O=C(O)/C=C/c1cc(Br)c(-c2cc(Cl)cc(Cl)c2)o1. The molecule has 6 heteroatoms. The lowest BCUT2D eigenvalue weighted by Gasteiger charge is -2.00. The lowest BCUT2D eigenvalue weighted by molar-refractivity contribution is -0.131. The Balaban J connectivity index is 2.42. The fraction of sp³-hybridized carbons (Fsp3) is 0. The van der Waals surface area contributed by atoms with Crippen molar-refractivity contribution in [3.05, 3.63) is 50.6 Å². The van der Waals surface area contributed by atoms with E-state index in [1.807, 2.05) is 0 Å². The Morgan fingerprint density at radius 2 is 1.84 bits per heavy atom. The van der Waals surface area contributed by atoms with Crippen LogP contribution in [0.3, 0.4) is 0 Å². The maximum atomic E-state index is 10.4. The highest BCUT2D eigenvalue weighted by Crippen LogP contribution is 2.35. The molecular weight excluding hydrogens is 355 g/mol. The lowest BCUT2D eigenvalue weighted by Crippen LogP contribution is -1.84. The van der Waals surface area contributed by atoms with Crippen molar-refractivity contribution in [1.29, 1.82) is 0 Å². The minimum atomic E-state index is -1.04. The van der Waals surface area contributed by atoms with Gasteiger partial charge in [0.25, 0.3) is 0 Å². The Hall–Kier alpha value is -1.23. The van der Waals surface area contributed by atoms with Crippen molar-refractivity contribution >= 4 is 51.2 Å². The normalized spacial score (nSPS) is 11.1. The van der Waals surface area contributed by atoms with Crippen LogP contribution < -0.4 is 0 Å². The van der Waals surface area contributed by atoms with Crippen molar-refractivity contribution in [1.82, 2.24) is 0 Å². The van der Waals surface area contributed by atoms with Crippen LogP contribution in [0.1, 0.15) is 5.76 Å². The van der Waals surface area contributed by atoms with Crippen molar-refractivity contribution in [3.8, 4) is 11.3 Å². The van der Waals surface area contributed by atoms with Crippen LogP contribution in [-0.4, -0.2) is 11.1 Å². The third-order valence-electron chi connectivity index (χ3n) is 2.22. The average molecular weight is 362 g/mol. The molecule has 0 unspecified atom stereocenters. The fourth-order valence-corrected chi connectivity index (χ4v) is 2.57. The van der Waals surface area contributed by atoms with Gasteiger partial charge in [0.1, 0.15) is 11.5 Å². The number of furan rings is 1. The number of carboxylic acid groups (broad SMARTS) is 1. The van der Waals surface area contributed by atoms with Crippen molar-refractivity contribution in [2.75, 3.05) is 0 Å². The summed E-state index contributed by atoms with van der Waals surface area (Å²) in [5.74, 6) is -0.0883. The molecule has 0 aliphatic rings. The van der Waals surface area contributed by atoms with E-state index < -0.39 is 5.97 Å². The monoisotopic (exact) mass is 360 g/mol. The van der Waals surface area contributed by atoms with Gasteiger partial charge < -0.3 is 9.52 Å². The first kappa shape index (κ1) is 14.2. The molecule has 19 heavy (non-hydrogen) atoms. The van der Waals surface area contributed by atoms with Gasteiger partial charge in [0.05, 0.1) is 4.47 Å². The van der Waals surface area contributed by atoms with Crippen LogP contribution in [0.25, 0.3) is 17.4 Å². The van der Waals surface area contributed by atoms with Crippen molar-refractivity contribution in [2.45, 2.75) is 0 Å². The summed E-state index contributed by atoms with van der Waals surface area (Å²) in [6, 6.07) is 6.71. The number of rotatable bonds is 3. The molecule has 2 rings (SSSR count). The molecule has 0 aliphatic carbocycles. The maximum absolute atomic E-state index is 10.4. The number of carbonyl (C=O) groups is 1. The first-order valence-corrected chi connectivity index (χ1v) is 6.67. The standard InChI is InChI=1S/C13H7BrCl2O3/c14-11-6-10(1-2-12(17)18)19-13(11)7-3-8(15)5-9(16)4-7/h1-6H,(H,17,18)/b2-1+. The Labute approximate surface area is 127 Å². The summed E-state index contributed by atoms with van der Waals surface area (Å²) in [6.07, 6.45) is 2.36. The number of hydrogen-bond acceptors (Lipinski definition) is 2. The molecular formula is C13H7BrCl2O3. The van der Waals surface area contributed by atoms with Crippen LogP contribution in [0, 0.1) is 0 Å². The second-order valence-electron chi connectivity index (χ2n) is 3.66. The molecule has 1 aromatic carbocycles. The molecule has 98 valence electrons. The molecule has 0 fully saturated rings. The Morgan fingerprint density at radius 3 is 2.42 bits per heavy atom. The summed E-state index contributed by atoms with van der Waals surface area (Å²) in [4.78, 5) is 10.4. The second kappa shape index (κ2) is 5.82. The van der Waals surface area contributed by atoms with Crippen LogP contribution in [0.15, 0.2) is 39.2 Å². The lowest BCUT2D eigenvalue weighted by atomic mass is 10.2. The maximum Gasteiger partial charge on any atom is 0.328 e. The second-order valence-corrected chi connectivity index (χ2v) is 5.38. The average Bonchev–Trinajstić information content (AvgIpc) is 2.66. The number of carboxylic acids is 1. The summed E-state index contributed by atoms with van der Waals surface area (Å²) in [6.45, 7) is 0. The molecule has 0 amide bonds. The van der Waals surface area contributed by atoms with E-state index in [2.05, 4.69) is 15.9 Å². The third-order valence-corrected chi connectivity index (χ3v) is 3.25. The van der Waals surface area contributed by atoms with Gasteiger partial charge in [-0.3, -0.25) is 0 Å². The Morgan fingerprint density at radius 1 is 1.21 bits per heavy atom. The zero-order chi connectivity index (χ0) is 14.0. The summed E-state index contributed by atoms with van der Waals surface area (Å²) >= 11 is 15.2. The quantitative estimate of drug-likeness (QED) is 0.772. The molecule has 0 atom stereocenters. The van der Waals surface area contributed by atoms with Gasteiger partial charge in [-0.2, -0.15) is 0 Å². The van der Waals surface area contributed by atoms with Gasteiger partial charge in [0.2, 0.25) is 0 Å². The smallest absolute Gasteiger partial charge is 0.328 e. The van der Waals surface area contributed by atoms with Gasteiger partial charge in [0, 0.05) is 21.7 Å². The highest BCUT2D eigenvalue weighted by Gasteiger charge is 2.11. The number of benzene rings is 1. The van der Waals surface area contributed by atoms with E-state index in [-0.39, 0.29) is 0 Å². The molecule has 0 spiro atoms. The molecule has 1 aromatic heterocycles. The van der Waals surface area contributed by atoms with Crippen molar-refractivity contribution in [3.63, 3.8) is 0 Å². The minimum Gasteiger partial charge on any atom is -0.478 e. The van der Waals surface area contributed by atoms with Crippen LogP contribution in [0.4, 0.5) is 0 Å². The van der Waals surface area contributed by atoms with E-state index in [4.69, 9.17) is 32.7 Å². The Bertz CT molecular complexity index is 642. The molecule has 0 radical (unpaired) electrons. The van der Waals surface area contributed by atoms with E-state index in [1.165, 1.54) is 6.08 Å². The first-order chi connectivity index (χ1) is 8.95. The fourth-order valence-electron chi connectivity index (χ4n) is 1.50. The van der Waals surface area contributed by atoms with E-state index in [0.717, 1.165) is 6.08 Å². The predicted octanol–water partition coefficient (Wildman–Crippen LogP) is 5.11. The summed E-state index contributed by atoms with van der Waals surface area (Å²) in [7, 11) is 0. The van der Waals surface area contributed by atoms with E-state index in [9.17, 15) is 4.79 Å². The summed E-state index contributed by atoms with van der Waals surface area (Å²) in [5.41, 5.74) is 0.708. The van der Waals surface area contributed by atoms with Crippen LogP contribution in [0.5, 0.6) is 0 Å². The molecule has 2 aromatic rings. The summed E-state index contributed by atoms with van der Waals surface area (Å²) in [5, 5.41) is 9.55. The molecule has 0 saturated heterocycles. The molecule has 0 aliphatic heterocycles. The van der Waals surface area contributed by atoms with Crippen molar-refractivity contribution < 1.29 is 14.3 Å². The van der Waals surface area contributed by atoms with Gasteiger partial charge in [-0.15, -0.1) is 0 Å². The summed E-state index contributed by atoms with van der Waals surface area (Å²) < 4.78 is 6.24. The van der Waals surface area contributed by atoms with E-state index in [0.29, 0.717) is 31.6 Å². The molecule has 3 nitrogen and oxygen atoms in total. The molecule has 1 heterocycles. The highest BCUT2D eigenvalue weighted by molar-refractivity contribution is 9.10. The zero-order valence-electron chi connectivity index (χ0n) is 9.36. The largest absolute Gasteiger partial charge is 0.478 e. The van der Waals surface area contributed by atoms with Gasteiger partial charge in [-0.25, -0.2) is 4.79 Å². The minimum absolute atomic E-state index is 0.417. The highest BCUT2D eigenvalue weighted by atomic mass is 79.9. The van der Waals surface area contributed by atoms with Gasteiger partial charge in [-0.05, 0) is 46.3 Å².